The lowest BCUT2D eigenvalue weighted by Crippen LogP contribution is -2.08. The van der Waals surface area contributed by atoms with E-state index in [1.54, 1.807) is 0 Å². The van der Waals surface area contributed by atoms with Crippen LogP contribution >= 0.6 is 0 Å². The molecule has 0 unspecified atom stereocenters. The molecule has 0 aliphatic carbocycles. The highest BCUT2D eigenvalue weighted by atomic mass is 15.2. The summed E-state index contributed by atoms with van der Waals surface area (Å²) in [6.07, 6.45) is 0. The number of rotatable bonds is 7. The van der Waals surface area contributed by atoms with Crippen LogP contribution in [-0.4, -0.2) is 28.7 Å². The van der Waals surface area contributed by atoms with E-state index < -0.39 is 0 Å². The Bertz CT molecular complexity index is 4280. The van der Waals surface area contributed by atoms with E-state index in [2.05, 4.69) is 232 Å². The van der Waals surface area contributed by atoms with Gasteiger partial charge in [-0.15, -0.1) is 0 Å². The lowest BCUT2D eigenvalue weighted by molar-refractivity contribution is 0.954. The predicted octanol–water partition coefficient (Wildman–Crippen LogP) is 15.8. The molecule has 0 atom stereocenters. The SMILES string of the molecule is c1ccc(-c2nc(-c3ccccc3-c3ccccc3)nc(-n3c4ccccc4c4ccc5c6ccccc6n(-c6c(-c7ccccc7)ccc7c6c6ccccc6n7-c6ccccc6)c5c43)n2)cc1. The Morgan fingerprint density at radius 2 is 0.725 bits per heavy atom. The highest BCUT2D eigenvalue weighted by Gasteiger charge is 2.27. The number of nitrogens with zero attached hydrogens (tertiary/aromatic N) is 6. The van der Waals surface area contributed by atoms with E-state index in [0.29, 0.717) is 17.6 Å². The summed E-state index contributed by atoms with van der Waals surface area (Å²) in [6.45, 7) is 0. The smallest absolute Gasteiger partial charge is 0.238 e. The van der Waals surface area contributed by atoms with Gasteiger partial charge >= 0.3 is 0 Å². The van der Waals surface area contributed by atoms with Crippen molar-refractivity contribution < 1.29 is 0 Å². The third-order valence-electron chi connectivity index (χ3n) is 13.7. The maximum absolute atomic E-state index is 5.54. The number of aromatic nitrogens is 6. The van der Waals surface area contributed by atoms with Crippen molar-refractivity contribution >= 4 is 65.4 Å². The van der Waals surface area contributed by atoms with Crippen molar-refractivity contribution in [1.82, 2.24) is 28.7 Å². The van der Waals surface area contributed by atoms with E-state index in [0.717, 1.165) is 99.4 Å². The molecule has 0 spiro atoms. The summed E-state index contributed by atoms with van der Waals surface area (Å²) in [7, 11) is 0. The summed E-state index contributed by atoms with van der Waals surface area (Å²) >= 11 is 0. The zero-order valence-corrected chi connectivity index (χ0v) is 37.3. The van der Waals surface area contributed by atoms with E-state index in [-0.39, 0.29) is 0 Å². The van der Waals surface area contributed by atoms with E-state index >= 15 is 0 Å². The van der Waals surface area contributed by atoms with Crippen molar-refractivity contribution in [3.63, 3.8) is 0 Å². The van der Waals surface area contributed by atoms with Gasteiger partial charge in [-0.05, 0) is 53.1 Å². The van der Waals surface area contributed by atoms with Crippen LogP contribution in [0.1, 0.15) is 0 Å². The molecule has 0 bridgehead atoms. The average molecular weight is 881 g/mol. The molecule has 0 aliphatic heterocycles. The van der Waals surface area contributed by atoms with Gasteiger partial charge in [-0.1, -0.05) is 206 Å². The highest BCUT2D eigenvalue weighted by molar-refractivity contribution is 6.25. The van der Waals surface area contributed by atoms with Gasteiger partial charge in [-0.25, -0.2) is 4.98 Å². The molecular formula is C63H40N6. The summed E-state index contributed by atoms with van der Waals surface area (Å²) in [5.41, 5.74) is 14.9. The van der Waals surface area contributed by atoms with E-state index in [4.69, 9.17) is 15.0 Å². The van der Waals surface area contributed by atoms with Crippen molar-refractivity contribution in [2.75, 3.05) is 0 Å². The first kappa shape index (κ1) is 38.8. The van der Waals surface area contributed by atoms with Crippen LogP contribution < -0.4 is 0 Å². The van der Waals surface area contributed by atoms with E-state index in [9.17, 15) is 0 Å². The minimum absolute atomic E-state index is 0.541. The van der Waals surface area contributed by atoms with Crippen molar-refractivity contribution in [3.05, 3.63) is 243 Å². The molecule has 6 nitrogen and oxygen atoms in total. The van der Waals surface area contributed by atoms with Crippen LogP contribution in [0.3, 0.4) is 0 Å². The molecule has 10 aromatic carbocycles. The molecule has 0 fully saturated rings. The number of hydrogen-bond acceptors (Lipinski definition) is 3. The number of fused-ring (bicyclic) bond motifs is 10. The first-order chi connectivity index (χ1) is 34.3. The Morgan fingerprint density at radius 1 is 0.261 bits per heavy atom. The fourth-order valence-corrected chi connectivity index (χ4v) is 10.8. The van der Waals surface area contributed by atoms with Gasteiger partial charge in [0.25, 0.3) is 0 Å². The first-order valence-corrected chi connectivity index (χ1v) is 23.4. The zero-order valence-electron chi connectivity index (χ0n) is 37.3. The van der Waals surface area contributed by atoms with Gasteiger partial charge in [-0.3, -0.25) is 4.57 Å². The monoisotopic (exact) mass is 880 g/mol. The lowest BCUT2D eigenvalue weighted by atomic mass is 9.99. The van der Waals surface area contributed by atoms with E-state index in [1.807, 2.05) is 24.3 Å². The summed E-state index contributed by atoms with van der Waals surface area (Å²) in [5.74, 6) is 1.74. The van der Waals surface area contributed by atoms with Crippen molar-refractivity contribution in [2.24, 2.45) is 0 Å². The van der Waals surface area contributed by atoms with Crippen molar-refractivity contribution in [1.29, 1.82) is 0 Å². The van der Waals surface area contributed by atoms with Crippen LogP contribution in [0.15, 0.2) is 243 Å². The van der Waals surface area contributed by atoms with Gasteiger partial charge in [0.2, 0.25) is 5.95 Å². The van der Waals surface area contributed by atoms with Crippen LogP contribution in [0.25, 0.3) is 128 Å². The number of benzene rings is 10. The largest absolute Gasteiger partial charge is 0.309 e. The maximum Gasteiger partial charge on any atom is 0.238 e. The Kier molecular flexibility index (Phi) is 8.79. The summed E-state index contributed by atoms with van der Waals surface area (Å²) < 4.78 is 7.24. The highest BCUT2D eigenvalue weighted by Crippen LogP contribution is 2.47. The summed E-state index contributed by atoms with van der Waals surface area (Å²) in [4.78, 5) is 16.3. The van der Waals surface area contributed by atoms with Crippen LogP contribution in [0.5, 0.6) is 0 Å². The third-order valence-corrected chi connectivity index (χ3v) is 13.7. The van der Waals surface area contributed by atoms with Crippen LogP contribution in [0, 0.1) is 0 Å². The van der Waals surface area contributed by atoms with Crippen LogP contribution in [0.4, 0.5) is 0 Å². The second-order valence-corrected chi connectivity index (χ2v) is 17.5. The topological polar surface area (TPSA) is 53.5 Å². The molecule has 14 aromatic rings. The molecule has 0 saturated heterocycles. The average Bonchev–Trinajstić information content (AvgIpc) is 4.07. The molecule has 322 valence electrons. The standard InChI is InChI=1S/C63H40N6/c1-5-21-41(22-6-1)45-29-13-14-32-51(45)62-64-61(43-25-9-3-10-26-43)65-63(66-62)69-54-35-19-16-31-48(54)50-38-37-49-47-30-15-18-34-53(47)68(59(49)60(50)69)58-46(42-23-7-2-8-24-42)39-40-56-57(58)52-33-17-20-36-55(52)67(56)44-27-11-4-12-28-44/h1-40H. The zero-order chi connectivity index (χ0) is 45.4. The minimum Gasteiger partial charge on any atom is -0.309 e. The second kappa shape index (κ2) is 15.6. The second-order valence-electron chi connectivity index (χ2n) is 17.5. The number of hydrogen-bond donors (Lipinski definition) is 0. The third kappa shape index (κ3) is 6.02. The fourth-order valence-electron chi connectivity index (χ4n) is 10.8. The normalized spacial score (nSPS) is 11.8. The summed E-state index contributed by atoms with van der Waals surface area (Å²) in [6, 6.07) is 86.3. The molecule has 4 aromatic heterocycles. The lowest BCUT2D eigenvalue weighted by Gasteiger charge is -2.18. The Labute approximate surface area is 397 Å². The van der Waals surface area contributed by atoms with Crippen LogP contribution in [-0.2, 0) is 0 Å². The fraction of sp³-hybridized carbons (Fsp3) is 0. The van der Waals surface area contributed by atoms with Gasteiger partial charge in [0.05, 0.1) is 38.8 Å². The van der Waals surface area contributed by atoms with Crippen LogP contribution in [0.2, 0.25) is 0 Å². The quantitative estimate of drug-likeness (QED) is 0.160. The van der Waals surface area contributed by atoms with Gasteiger partial charge in [0.1, 0.15) is 0 Å². The Morgan fingerprint density at radius 3 is 1.36 bits per heavy atom. The Balaban J connectivity index is 1.17. The van der Waals surface area contributed by atoms with Gasteiger partial charge in [0, 0.05) is 54.7 Å². The van der Waals surface area contributed by atoms with Gasteiger partial charge in [-0.2, -0.15) is 9.97 Å². The molecule has 14 rings (SSSR count). The molecule has 6 heteroatoms. The predicted molar refractivity (Wildman–Crippen MR) is 285 cm³/mol. The molecule has 0 amide bonds. The van der Waals surface area contributed by atoms with Crippen molar-refractivity contribution in [2.45, 2.75) is 0 Å². The van der Waals surface area contributed by atoms with E-state index in [1.165, 1.54) is 10.8 Å². The molecule has 0 aliphatic rings. The maximum atomic E-state index is 5.54. The molecule has 0 saturated carbocycles. The minimum atomic E-state index is 0.541. The molecule has 4 heterocycles. The van der Waals surface area contributed by atoms with Gasteiger partial charge < -0.3 is 9.13 Å². The van der Waals surface area contributed by atoms with Crippen molar-refractivity contribution in [3.8, 4) is 62.4 Å². The molecular weight excluding hydrogens is 841 g/mol. The molecule has 69 heavy (non-hydrogen) atoms. The first-order valence-electron chi connectivity index (χ1n) is 23.4. The summed E-state index contributed by atoms with van der Waals surface area (Å²) in [5, 5.41) is 6.86. The number of para-hydroxylation sites is 4. The Hall–Kier alpha value is -9.39. The van der Waals surface area contributed by atoms with Gasteiger partial charge in [0.15, 0.2) is 11.6 Å². The molecule has 0 radical (unpaired) electrons. The molecule has 0 N–H and O–H groups in total.